The van der Waals surface area contributed by atoms with E-state index in [0.717, 1.165) is 28.9 Å². The molecule has 3 aromatic carbocycles. The molecule has 0 aliphatic heterocycles. The maximum Gasteiger partial charge on any atom is 0.349 e. The fourth-order valence-corrected chi connectivity index (χ4v) is 3.84. The average molecular weight is 443 g/mol. The molecule has 0 fully saturated rings. The monoisotopic (exact) mass is 442 g/mol. The third-order valence-corrected chi connectivity index (χ3v) is 5.51. The molecule has 0 bridgehead atoms. The Morgan fingerprint density at radius 3 is 2.45 bits per heavy atom. The lowest BCUT2D eigenvalue weighted by molar-refractivity contribution is -0.145. The fourth-order valence-electron chi connectivity index (χ4n) is 3.84. The molecule has 0 saturated heterocycles. The summed E-state index contributed by atoms with van der Waals surface area (Å²) in [6.07, 6.45) is 0.494. The number of ether oxygens (including phenoxy) is 1. The van der Waals surface area contributed by atoms with Gasteiger partial charge < -0.3 is 9.84 Å². The maximum absolute atomic E-state index is 13.3. The van der Waals surface area contributed by atoms with Gasteiger partial charge >= 0.3 is 5.97 Å². The molecule has 33 heavy (non-hydrogen) atoms. The molecule has 0 spiro atoms. The van der Waals surface area contributed by atoms with Crippen LogP contribution in [0.25, 0.3) is 10.9 Å². The van der Waals surface area contributed by atoms with E-state index in [0.29, 0.717) is 29.7 Å². The first-order valence-corrected chi connectivity index (χ1v) is 11.0. The van der Waals surface area contributed by atoms with Crippen LogP contribution in [-0.4, -0.2) is 20.6 Å². The summed E-state index contributed by atoms with van der Waals surface area (Å²) < 4.78 is 7.47. The van der Waals surface area contributed by atoms with Gasteiger partial charge in [-0.15, -0.1) is 0 Å². The maximum atomic E-state index is 13.3. The van der Waals surface area contributed by atoms with E-state index >= 15 is 0 Å². The van der Waals surface area contributed by atoms with E-state index in [2.05, 4.69) is 6.92 Å². The minimum atomic E-state index is -1.09. The summed E-state index contributed by atoms with van der Waals surface area (Å²) in [5, 5.41) is 10.2. The molecule has 6 nitrogen and oxygen atoms in total. The molecule has 0 radical (unpaired) electrons. The Balaban J connectivity index is 1.61. The van der Waals surface area contributed by atoms with Crippen molar-refractivity contribution in [2.75, 3.05) is 0 Å². The van der Waals surface area contributed by atoms with Gasteiger partial charge in [0.1, 0.15) is 11.6 Å². The van der Waals surface area contributed by atoms with Crippen LogP contribution in [0, 0.1) is 6.92 Å². The molecule has 1 N–H and O–H groups in total. The number of hydrogen-bond donors (Lipinski definition) is 1. The quantitative estimate of drug-likeness (QED) is 0.419. The number of aromatic nitrogens is 2. The van der Waals surface area contributed by atoms with Crippen molar-refractivity contribution < 1.29 is 14.6 Å². The Bertz CT molecular complexity index is 1330. The van der Waals surface area contributed by atoms with Crippen molar-refractivity contribution >= 4 is 16.9 Å². The van der Waals surface area contributed by atoms with Gasteiger partial charge in [-0.1, -0.05) is 61.0 Å². The van der Waals surface area contributed by atoms with Crippen LogP contribution in [0.3, 0.4) is 0 Å². The Labute approximate surface area is 192 Å². The lowest BCUT2D eigenvalue weighted by atomic mass is 10.1. The summed E-state index contributed by atoms with van der Waals surface area (Å²) >= 11 is 0. The van der Waals surface area contributed by atoms with E-state index < -0.39 is 12.1 Å². The highest BCUT2D eigenvalue weighted by Crippen LogP contribution is 2.23. The lowest BCUT2D eigenvalue weighted by Gasteiger charge is -2.16. The number of aryl methyl sites for hydroxylation is 2. The third-order valence-electron chi connectivity index (χ3n) is 5.51. The van der Waals surface area contributed by atoms with Gasteiger partial charge in [0.2, 0.25) is 6.10 Å². The van der Waals surface area contributed by atoms with E-state index in [-0.39, 0.29) is 5.56 Å². The first-order chi connectivity index (χ1) is 16.0. The first-order valence-electron chi connectivity index (χ1n) is 11.0. The largest absolute Gasteiger partial charge is 0.478 e. The Hall–Kier alpha value is -3.93. The smallest absolute Gasteiger partial charge is 0.349 e. The molecule has 1 aromatic heterocycles. The minimum absolute atomic E-state index is 0.0532. The molecule has 1 unspecified atom stereocenters. The van der Waals surface area contributed by atoms with Crippen LogP contribution in [0.15, 0.2) is 77.6 Å². The highest BCUT2D eigenvalue weighted by Gasteiger charge is 2.21. The number of carboxylic acids is 1. The van der Waals surface area contributed by atoms with Crippen LogP contribution >= 0.6 is 0 Å². The van der Waals surface area contributed by atoms with Crippen molar-refractivity contribution in [3.05, 3.63) is 106 Å². The number of hydrogen-bond acceptors (Lipinski definition) is 4. The van der Waals surface area contributed by atoms with Crippen molar-refractivity contribution in [3.8, 4) is 5.75 Å². The number of rotatable bonds is 8. The molecule has 1 heterocycles. The van der Waals surface area contributed by atoms with Crippen molar-refractivity contribution in [2.45, 2.75) is 39.3 Å². The summed E-state index contributed by atoms with van der Waals surface area (Å²) in [4.78, 5) is 29.7. The highest BCUT2D eigenvalue weighted by molar-refractivity contribution is 5.78. The second kappa shape index (κ2) is 9.69. The summed E-state index contributed by atoms with van der Waals surface area (Å²) in [6.45, 7) is 4.40. The Morgan fingerprint density at radius 2 is 1.79 bits per heavy atom. The van der Waals surface area contributed by atoms with Gasteiger partial charge in [0, 0.05) is 12.0 Å². The number of carboxylic acid groups (broad SMARTS) is 1. The van der Waals surface area contributed by atoms with Crippen LogP contribution in [0.2, 0.25) is 0 Å². The van der Waals surface area contributed by atoms with Crippen molar-refractivity contribution in [2.24, 2.45) is 0 Å². The molecule has 168 valence electrons. The van der Waals surface area contributed by atoms with Crippen molar-refractivity contribution in [1.82, 2.24) is 9.55 Å². The molecular weight excluding hydrogens is 416 g/mol. The summed E-state index contributed by atoms with van der Waals surface area (Å²) in [5.41, 5.74) is 3.16. The van der Waals surface area contributed by atoms with Crippen LogP contribution in [0.1, 0.15) is 42.0 Å². The van der Waals surface area contributed by atoms with Gasteiger partial charge in [0.15, 0.2) is 0 Å². The summed E-state index contributed by atoms with van der Waals surface area (Å²) in [6, 6.07) is 21.7. The second-order valence-electron chi connectivity index (χ2n) is 8.08. The van der Waals surface area contributed by atoms with Crippen LogP contribution in [0.5, 0.6) is 5.75 Å². The molecule has 0 saturated carbocycles. The molecule has 0 aliphatic rings. The molecule has 4 rings (SSSR count). The SMILES string of the molecule is CCCc1nc2ccc(C)cc2c(=O)n1Cc1ccc(OC(C(=O)O)c2ccccc2)cc1. The molecule has 1 atom stereocenters. The predicted octanol–water partition coefficient (Wildman–Crippen LogP) is 4.91. The standard InChI is InChI=1S/C27H26N2O4/c1-3-7-24-28-23-15-10-18(2)16-22(23)26(30)29(24)17-19-11-13-21(14-12-19)33-25(27(31)32)20-8-5-4-6-9-20/h4-6,8-16,25H,3,7,17H2,1-2H3,(H,31,32). The van der Waals surface area contributed by atoms with Gasteiger partial charge in [-0.2, -0.15) is 0 Å². The van der Waals surface area contributed by atoms with E-state index in [1.54, 1.807) is 41.0 Å². The van der Waals surface area contributed by atoms with Gasteiger partial charge in [-0.05, 0) is 43.2 Å². The highest BCUT2D eigenvalue weighted by atomic mass is 16.5. The summed E-state index contributed by atoms with van der Waals surface area (Å²) in [7, 11) is 0. The van der Waals surface area contributed by atoms with E-state index in [9.17, 15) is 14.7 Å². The number of nitrogens with zero attached hydrogens (tertiary/aromatic N) is 2. The zero-order chi connectivity index (χ0) is 23.4. The predicted molar refractivity (Wildman–Crippen MR) is 128 cm³/mol. The van der Waals surface area contributed by atoms with E-state index in [1.807, 2.05) is 43.3 Å². The van der Waals surface area contributed by atoms with Crippen LogP contribution in [-0.2, 0) is 17.8 Å². The van der Waals surface area contributed by atoms with E-state index in [4.69, 9.17) is 9.72 Å². The van der Waals surface area contributed by atoms with Gasteiger partial charge in [-0.3, -0.25) is 9.36 Å². The lowest BCUT2D eigenvalue weighted by Crippen LogP contribution is -2.26. The van der Waals surface area contributed by atoms with Gasteiger partial charge in [0.05, 0.1) is 17.4 Å². The number of aliphatic carboxylic acids is 1. The number of carbonyl (C=O) groups is 1. The zero-order valence-electron chi connectivity index (χ0n) is 18.7. The number of fused-ring (bicyclic) bond motifs is 1. The molecule has 6 heteroatoms. The topological polar surface area (TPSA) is 81.4 Å². The first kappa shape index (κ1) is 22.3. The van der Waals surface area contributed by atoms with Crippen molar-refractivity contribution in [3.63, 3.8) is 0 Å². The molecule has 0 aliphatic carbocycles. The zero-order valence-corrected chi connectivity index (χ0v) is 18.7. The second-order valence-corrected chi connectivity index (χ2v) is 8.08. The Kier molecular flexibility index (Phi) is 6.54. The van der Waals surface area contributed by atoms with Crippen LogP contribution in [0.4, 0.5) is 0 Å². The number of benzene rings is 3. The normalized spacial score (nSPS) is 11.9. The molecule has 4 aromatic rings. The fraction of sp³-hybridized carbons (Fsp3) is 0.222. The summed E-state index contributed by atoms with van der Waals surface area (Å²) in [5.74, 6) is 0.149. The van der Waals surface area contributed by atoms with E-state index in [1.165, 1.54) is 0 Å². The van der Waals surface area contributed by atoms with Gasteiger partial charge in [0.25, 0.3) is 5.56 Å². The van der Waals surface area contributed by atoms with Gasteiger partial charge in [-0.25, -0.2) is 9.78 Å². The van der Waals surface area contributed by atoms with Crippen molar-refractivity contribution in [1.29, 1.82) is 0 Å². The minimum Gasteiger partial charge on any atom is -0.478 e. The van der Waals surface area contributed by atoms with Crippen LogP contribution < -0.4 is 10.3 Å². The average Bonchev–Trinajstić information content (AvgIpc) is 2.82. The Morgan fingerprint density at radius 1 is 1.06 bits per heavy atom. The molecular formula is C27H26N2O4. The molecule has 0 amide bonds. The third kappa shape index (κ3) is 4.95.